The first-order valence-corrected chi connectivity index (χ1v) is 10.9. The van der Waals surface area contributed by atoms with Gasteiger partial charge in [0, 0.05) is 52.1 Å². The third-order valence-corrected chi connectivity index (χ3v) is 6.97. The Hall–Kier alpha value is -1.59. The Morgan fingerprint density at radius 3 is 2.59 bits per heavy atom. The number of hydrogen-bond acceptors (Lipinski definition) is 3. The summed E-state index contributed by atoms with van der Waals surface area (Å²) in [6.07, 6.45) is 9.42. The molecular formula is C21H33N3O3. The van der Waals surface area contributed by atoms with Gasteiger partial charge in [-0.1, -0.05) is 6.42 Å². The van der Waals surface area contributed by atoms with Gasteiger partial charge in [0.1, 0.15) is 0 Å². The smallest absolute Gasteiger partial charge is 0.230 e. The van der Waals surface area contributed by atoms with E-state index in [1.807, 2.05) is 9.80 Å². The van der Waals surface area contributed by atoms with Crippen molar-refractivity contribution in [1.29, 1.82) is 0 Å². The van der Waals surface area contributed by atoms with E-state index in [-0.39, 0.29) is 17.2 Å². The summed E-state index contributed by atoms with van der Waals surface area (Å²) >= 11 is 0. The standard InChI is InChI=1S/C21H33N3O3/c25-18-5-2-1-3-11-22(18)13-8-19(26)24-14-10-21(16-24)9-4-12-23(20(21)27)15-17-6-7-17/h17H,1-16H2/t21-/m1/s1. The highest BCUT2D eigenvalue weighted by atomic mass is 16.2. The van der Waals surface area contributed by atoms with E-state index < -0.39 is 0 Å². The topological polar surface area (TPSA) is 60.9 Å². The summed E-state index contributed by atoms with van der Waals surface area (Å²) in [5.74, 6) is 1.31. The van der Waals surface area contributed by atoms with Gasteiger partial charge in [-0.25, -0.2) is 0 Å². The molecule has 0 unspecified atom stereocenters. The molecule has 3 aliphatic heterocycles. The average molecular weight is 376 g/mol. The number of carbonyl (C=O) groups excluding carboxylic acids is 3. The number of carbonyl (C=O) groups is 3. The van der Waals surface area contributed by atoms with E-state index in [0.717, 1.165) is 64.1 Å². The van der Waals surface area contributed by atoms with Gasteiger partial charge in [0.15, 0.2) is 0 Å². The largest absolute Gasteiger partial charge is 0.342 e. The molecule has 6 heteroatoms. The Morgan fingerprint density at radius 1 is 0.963 bits per heavy atom. The first-order chi connectivity index (χ1) is 13.1. The molecule has 1 aliphatic carbocycles. The molecule has 1 saturated carbocycles. The zero-order valence-corrected chi connectivity index (χ0v) is 16.5. The molecule has 3 saturated heterocycles. The molecular weight excluding hydrogens is 342 g/mol. The summed E-state index contributed by atoms with van der Waals surface area (Å²) in [5, 5.41) is 0. The second-order valence-corrected chi connectivity index (χ2v) is 9.09. The van der Waals surface area contributed by atoms with Crippen molar-refractivity contribution >= 4 is 17.7 Å². The lowest BCUT2D eigenvalue weighted by atomic mass is 9.78. The van der Waals surface area contributed by atoms with Crippen molar-refractivity contribution in [3.8, 4) is 0 Å². The van der Waals surface area contributed by atoms with Crippen molar-refractivity contribution in [3.05, 3.63) is 0 Å². The molecule has 4 fully saturated rings. The highest BCUT2D eigenvalue weighted by molar-refractivity contribution is 5.86. The molecule has 0 aromatic heterocycles. The number of nitrogens with zero attached hydrogens (tertiary/aromatic N) is 3. The van der Waals surface area contributed by atoms with Crippen LogP contribution >= 0.6 is 0 Å². The maximum absolute atomic E-state index is 13.1. The van der Waals surface area contributed by atoms with Crippen molar-refractivity contribution < 1.29 is 14.4 Å². The highest BCUT2D eigenvalue weighted by Gasteiger charge is 2.49. The minimum absolute atomic E-state index is 0.107. The van der Waals surface area contributed by atoms with Crippen LogP contribution in [-0.4, -0.2) is 71.7 Å². The average Bonchev–Trinajstić information content (AvgIpc) is 3.41. The molecule has 27 heavy (non-hydrogen) atoms. The van der Waals surface area contributed by atoms with Crippen LogP contribution < -0.4 is 0 Å². The second-order valence-electron chi connectivity index (χ2n) is 9.09. The van der Waals surface area contributed by atoms with Crippen LogP contribution in [0.2, 0.25) is 0 Å². The molecule has 0 aromatic rings. The van der Waals surface area contributed by atoms with Gasteiger partial charge in [0.05, 0.1) is 5.41 Å². The molecule has 1 spiro atoms. The lowest BCUT2D eigenvalue weighted by Crippen LogP contribution is -2.51. The van der Waals surface area contributed by atoms with Gasteiger partial charge in [-0.2, -0.15) is 0 Å². The van der Waals surface area contributed by atoms with Gasteiger partial charge in [-0.15, -0.1) is 0 Å². The van der Waals surface area contributed by atoms with E-state index in [9.17, 15) is 14.4 Å². The van der Waals surface area contributed by atoms with Crippen LogP contribution in [0.1, 0.15) is 64.2 Å². The van der Waals surface area contributed by atoms with Crippen LogP contribution in [0.5, 0.6) is 0 Å². The van der Waals surface area contributed by atoms with E-state index >= 15 is 0 Å². The quantitative estimate of drug-likeness (QED) is 0.739. The van der Waals surface area contributed by atoms with Gasteiger partial charge in [0.2, 0.25) is 17.7 Å². The van der Waals surface area contributed by atoms with Crippen LogP contribution in [0.25, 0.3) is 0 Å². The lowest BCUT2D eigenvalue weighted by molar-refractivity contribution is -0.146. The fraction of sp³-hybridized carbons (Fsp3) is 0.857. The maximum Gasteiger partial charge on any atom is 0.230 e. The predicted octanol–water partition coefficient (Wildman–Crippen LogP) is 2.03. The molecule has 4 rings (SSSR count). The van der Waals surface area contributed by atoms with Crippen LogP contribution in [0.3, 0.4) is 0 Å². The second kappa shape index (κ2) is 7.80. The summed E-state index contributed by atoms with van der Waals surface area (Å²) in [7, 11) is 0. The van der Waals surface area contributed by atoms with Gasteiger partial charge < -0.3 is 14.7 Å². The van der Waals surface area contributed by atoms with Crippen LogP contribution in [0.15, 0.2) is 0 Å². The monoisotopic (exact) mass is 375 g/mol. The van der Waals surface area contributed by atoms with Gasteiger partial charge in [-0.3, -0.25) is 14.4 Å². The Morgan fingerprint density at radius 2 is 1.78 bits per heavy atom. The molecule has 1 atom stereocenters. The summed E-state index contributed by atoms with van der Waals surface area (Å²) in [5.41, 5.74) is -0.332. The van der Waals surface area contributed by atoms with Gasteiger partial charge >= 0.3 is 0 Å². The minimum atomic E-state index is -0.332. The summed E-state index contributed by atoms with van der Waals surface area (Å²) < 4.78 is 0. The van der Waals surface area contributed by atoms with E-state index in [0.29, 0.717) is 38.4 Å². The van der Waals surface area contributed by atoms with Crippen molar-refractivity contribution in [2.24, 2.45) is 11.3 Å². The summed E-state index contributed by atoms with van der Waals surface area (Å²) in [4.78, 5) is 43.8. The van der Waals surface area contributed by atoms with E-state index in [1.165, 1.54) is 12.8 Å². The lowest BCUT2D eigenvalue weighted by Gasteiger charge is -2.39. The van der Waals surface area contributed by atoms with E-state index in [2.05, 4.69) is 4.90 Å². The van der Waals surface area contributed by atoms with Gasteiger partial charge in [0.25, 0.3) is 0 Å². The summed E-state index contributed by atoms with van der Waals surface area (Å²) in [6.45, 7) is 4.40. The fourth-order valence-corrected chi connectivity index (χ4v) is 5.07. The molecule has 3 amide bonds. The van der Waals surface area contributed by atoms with Crippen molar-refractivity contribution in [1.82, 2.24) is 14.7 Å². The van der Waals surface area contributed by atoms with Crippen LogP contribution in [0, 0.1) is 11.3 Å². The minimum Gasteiger partial charge on any atom is -0.342 e. The Labute approximate surface area is 162 Å². The van der Waals surface area contributed by atoms with Crippen molar-refractivity contribution in [2.75, 3.05) is 39.3 Å². The Kier molecular flexibility index (Phi) is 5.42. The molecule has 0 aromatic carbocycles. The number of hydrogen-bond donors (Lipinski definition) is 0. The molecule has 4 aliphatic rings. The SMILES string of the molecule is O=C1CCCCCN1CCC(=O)N1CC[C@]2(CCCN(CC3CC3)C2=O)C1. The van der Waals surface area contributed by atoms with Crippen molar-refractivity contribution in [2.45, 2.75) is 64.2 Å². The van der Waals surface area contributed by atoms with Crippen LogP contribution in [0.4, 0.5) is 0 Å². The fourth-order valence-electron chi connectivity index (χ4n) is 5.07. The molecule has 150 valence electrons. The Bertz CT molecular complexity index is 603. The number of rotatable bonds is 5. The predicted molar refractivity (Wildman–Crippen MR) is 102 cm³/mol. The maximum atomic E-state index is 13.1. The normalized spacial score (nSPS) is 29.6. The number of amides is 3. The van der Waals surface area contributed by atoms with E-state index in [4.69, 9.17) is 0 Å². The molecule has 0 N–H and O–H groups in total. The molecule has 0 radical (unpaired) electrons. The van der Waals surface area contributed by atoms with Crippen molar-refractivity contribution in [3.63, 3.8) is 0 Å². The zero-order chi connectivity index (χ0) is 18.9. The molecule has 3 heterocycles. The number of piperidine rings is 1. The Balaban J connectivity index is 1.30. The third kappa shape index (κ3) is 4.14. The zero-order valence-electron chi connectivity index (χ0n) is 16.5. The van der Waals surface area contributed by atoms with E-state index in [1.54, 1.807) is 0 Å². The van der Waals surface area contributed by atoms with Gasteiger partial charge in [-0.05, 0) is 50.9 Å². The number of likely N-dealkylation sites (tertiary alicyclic amines) is 3. The first kappa shape index (κ1) is 18.8. The summed E-state index contributed by atoms with van der Waals surface area (Å²) in [6, 6.07) is 0. The highest BCUT2D eigenvalue weighted by Crippen LogP contribution is 2.41. The van der Waals surface area contributed by atoms with Crippen LogP contribution in [-0.2, 0) is 14.4 Å². The third-order valence-electron chi connectivity index (χ3n) is 6.97. The molecule has 6 nitrogen and oxygen atoms in total. The first-order valence-electron chi connectivity index (χ1n) is 10.9. The molecule has 0 bridgehead atoms.